The predicted molar refractivity (Wildman–Crippen MR) is 259 cm³/mol. The molecule has 10 aromatic carbocycles. The van der Waals surface area contributed by atoms with Gasteiger partial charge in [0.15, 0.2) is 11.3 Å². The highest BCUT2D eigenvalue weighted by molar-refractivity contribution is 6.26. The van der Waals surface area contributed by atoms with Crippen LogP contribution in [0.1, 0.15) is 22.3 Å². The first kappa shape index (κ1) is 34.1. The smallest absolute Gasteiger partial charge is 0.236 e. The average Bonchev–Trinajstić information content (AvgIpc) is 4.01. The van der Waals surface area contributed by atoms with Crippen molar-refractivity contribution >= 4 is 76.2 Å². The van der Waals surface area contributed by atoms with Crippen molar-refractivity contribution in [3.05, 3.63) is 222 Å². The van der Waals surface area contributed by atoms with E-state index in [4.69, 9.17) is 19.1 Å². The van der Waals surface area contributed by atoms with E-state index < -0.39 is 5.41 Å². The lowest BCUT2D eigenvalue weighted by Gasteiger charge is -2.39. The Kier molecular flexibility index (Phi) is 6.56. The van der Waals surface area contributed by atoms with Crippen LogP contribution in [0, 0.1) is 0 Å². The van der Waals surface area contributed by atoms with Gasteiger partial charge in [-0.3, -0.25) is 4.57 Å². The highest BCUT2D eigenvalue weighted by Gasteiger charge is 2.51. The van der Waals surface area contributed by atoms with Gasteiger partial charge < -0.3 is 9.15 Å². The maximum absolute atomic E-state index is 7.29. The van der Waals surface area contributed by atoms with Crippen molar-refractivity contribution in [3.8, 4) is 39.8 Å². The van der Waals surface area contributed by atoms with Crippen LogP contribution in [0.3, 0.4) is 0 Å². The number of rotatable bonds is 2. The minimum Gasteiger partial charge on any atom is -0.454 e. The van der Waals surface area contributed by atoms with Gasteiger partial charge >= 0.3 is 0 Å². The van der Waals surface area contributed by atoms with E-state index in [1.165, 1.54) is 49.2 Å². The van der Waals surface area contributed by atoms with Crippen LogP contribution in [-0.2, 0) is 5.41 Å². The molecule has 1 spiro atoms. The van der Waals surface area contributed by atoms with E-state index in [-0.39, 0.29) is 0 Å². The standard InChI is InChI=1S/C59H33N3O2/c1-2-17-37-35(15-1)36-16-3-4-18-38(36)45-33-34(29-30-39(37)45)53-57-54(44-22-8-13-27-51(44)63-57)61-58(60-53)62-50-26-12-7-21-42(50)43-31-32-49-56(55(43)62)64-52-28-14-11-25-48(52)59(49)46-23-9-5-19-40(46)41-20-6-10-24-47(41)59/h1-33H. The summed E-state index contributed by atoms with van der Waals surface area (Å²) in [4.78, 5) is 11.1. The molecule has 0 atom stereocenters. The molecule has 4 heterocycles. The molecule has 0 amide bonds. The number of fused-ring (bicyclic) bond motifs is 22. The number of aromatic nitrogens is 3. The van der Waals surface area contributed by atoms with Gasteiger partial charge in [0.1, 0.15) is 28.1 Å². The molecule has 0 unspecified atom stereocenters. The molecule has 5 nitrogen and oxygen atoms in total. The zero-order chi connectivity index (χ0) is 41.7. The van der Waals surface area contributed by atoms with Gasteiger partial charge in [-0.25, -0.2) is 9.97 Å². The summed E-state index contributed by atoms with van der Waals surface area (Å²) in [5.74, 6) is 2.17. The average molecular weight is 816 g/mol. The van der Waals surface area contributed by atoms with Gasteiger partial charge in [0.2, 0.25) is 5.95 Å². The largest absolute Gasteiger partial charge is 0.454 e. The molecule has 0 saturated heterocycles. The molecule has 0 bridgehead atoms. The lowest BCUT2D eigenvalue weighted by Crippen LogP contribution is -2.32. The van der Waals surface area contributed by atoms with Crippen LogP contribution in [0.25, 0.3) is 105 Å². The summed E-state index contributed by atoms with van der Waals surface area (Å²) in [6.07, 6.45) is 0. The molecule has 296 valence electrons. The monoisotopic (exact) mass is 815 g/mol. The van der Waals surface area contributed by atoms with Crippen molar-refractivity contribution in [3.63, 3.8) is 0 Å². The van der Waals surface area contributed by atoms with Crippen LogP contribution in [-0.4, -0.2) is 14.5 Å². The summed E-state index contributed by atoms with van der Waals surface area (Å²) < 4.78 is 16.3. The number of para-hydroxylation sites is 3. The zero-order valence-corrected chi connectivity index (χ0v) is 34.2. The van der Waals surface area contributed by atoms with Gasteiger partial charge in [0.25, 0.3) is 0 Å². The quantitative estimate of drug-likeness (QED) is 0.163. The predicted octanol–water partition coefficient (Wildman–Crippen LogP) is 15.1. The normalized spacial score (nSPS) is 13.6. The summed E-state index contributed by atoms with van der Waals surface area (Å²) >= 11 is 0. The number of furan rings is 1. The molecule has 3 aromatic heterocycles. The second kappa shape index (κ2) is 12.3. The molecule has 15 rings (SSSR count). The number of ether oxygens (including phenoxy) is 1. The molecule has 64 heavy (non-hydrogen) atoms. The summed E-state index contributed by atoms with van der Waals surface area (Å²) in [6, 6.07) is 71.7. The lowest BCUT2D eigenvalue weighted by molar-refractivity contribution is 0.440. The van der Waals surface area contributed by atoms with E-state index in [1.807, 2.05) is 18.2 Å². The Morgan fingerprint density at radius 1 is 0.422 bits per heavy atom. The minimum atomic E-state index is -0.623. The Morgan fingerprint density at radius 2 is 0.984 bits per heavy atom. The van der Waals surface area contributed by atoms with Gasteiger partial charge in [-0.15, -0.1) is 0 Å². The van der Waals surface area contributed by atoms with E-state index in [9.17, 15) is 0 Å². The summed E-state index contributed by atoms with van der Waals surface area (Å²) in [6.45, 7) is 0. The van der Waals surface area contributed by atoms with E-state index >= 15 is 0 Å². The van der Waals surface area contributed by atoms with Gasteiger partial charge in [-0.05, 0) is 84.9 Å². The van der Waals surface area contributed by atoms with Crippen LogP contribution in [0.2, 0.25) is 0 Å². The van der Waals surface area contributed by atoms with Crippen LogP contribution >= 0.6 is 0 Å². The van der Waals surface area contributed by atoms with E-state index in [1.54, 1.807) is 0 Å². The van der Waals surface area contributed by atoms with E-state index in [2.05, 4.69) is 187 Å². The number of hydrogen-bond acceptors (Lipinski definition) is 4. The molecule has 13 aromatic rings. The highest BCUT2D eigenvalue weighted by atomic mass is 16.5. The molecule has 1 aliphatic carbocycles. The van der Waals surface area contributed by atoms with Crippen molar-refractivity contribution in [1.82, 2.24) is 14.5 Å². The first-order valence-corrected chi connectivity index (χ1v) is 21.8. The number of hydrogen-bond donors (Lipinski definition) is 0. The van der Waals surface area contributed by atoms with Gasteiger partial charge in [-0.2, -0.15) is 0 Å². The maximum atomic E-state index is 7.29. The molecular weight excluding hydrogens is 783 g/mol. The maximum Gasteiger partial charge on any atom is 0.236 e. The van der Waals surface area contributed by atoms with Crippen LogP contribution in [0.4, 0.5) is 0 Å². The van der Waals surface area contributed by atoms with Crippen LogP contribution < -0.4 is 4.74 Å². The molecule has 0 N–H and O–H groups in total. The molecule has 2 aliphatic rings. The van der Waals surface area contributed by atoms with E-state index in [0.717, 1.165) is 77.6 Å². The van der Waals surface area contributed by atoms with E-state index in [0.29, 0.717) is 11.5 Å². The topological polar surface area (TPSA) is 53.1 Å². The summed E-state index contributed by atoms with van der Waals surface area (Å²) in [5.41, 5.74) is 12.3. The second-order valence-electron chi connectivity index (χ2n) is 17.1. The van der Waals surface area contributed by atoms with Crippen LogP contribution in [0.5, 0.6) is 11.5 Å². The SMILES string of the molecule is c1ccc2c(c1)Oc1c(ccc3c4ccccc4n(-c4nc(-c5ccc6c7ccccc7c7ccccc7c6c5)c5oc6ccccc6c5n4)c13)C21c2ccccc2-c2ccccc21. The van der Waals surface area contributed by atoms with Crippen molar-refractivity contribution in [1.29, 1.82) is 0 Å². The summed E-state index contributed by atoms with van der Waals surface area (Å²) in [5, 5.41) is 10.3. The third-order valence-electron chi connectivity index (χ3n) is 14.1. The Bertz CT molecular complexity index is 4110. The molecule has 0 fully saturated rings. The summed E-state index contributed by atoms with van der Waals surface area (Å²) in [7, 11) is 0. The number of benzene rings is 10. The lowest BCUT2D eigenvalue weighted by atomic mass is 9.66. The number of nitrogens with zero attached hydrogens (tertiary/aromatic N) is 3. The Hall–Kier alpha value is -8.54. The second-order valence-corrected chi connectivity index (χ2v) is 17.1. The molecule has 0 saturated carbocycles. The van der Waals surface area contributed by atoms with Crippen LogP contribution in [0.15, 0.2) is 205 Å². The Balaban J connectivity index is 1.07. The molecular formula is C59H33N3O2. The first-order chi connectivity index (χ1) is 31.8. The van der Waals surface area contributed by atoms with Crippen molar-refractivity contribution < 1.29 is 9.15 Å². The molecule has 1 aliphatic heterocycles. The van der Waals surface area contributed by atoms with Crippen molar-refractivity contribution in [2.75, 3.05) is 0 Å². The fraction of sp³-hybridized carbons (Fsp3) is 0.0169. The Morgan fingerprint density at radius 3 is 1.72 bits per heavy atom. The van der Waals surface area contributed by atoms with Gasteiger partial charge in [0, 0.05) is 32.8 Å². The Labute approximate surface area is 366 Å². The fourth-order valence-corrected chi connectivity index (χ4v) is 11.5. The van der Waals surface area contributed by atoms with Gasteiger partial charge in [0.05, 0.1) is 10.9 Å². The first-order valence-electron chi connectivity index (χ1n) is 21.8. The van der Waals surface area contributed by atoms with Crippen molar-refractivity contribution in [2.45, 2.75) is 5.41 Å². The fourth-order valence-electron chi connectivity index (χ4n) is 11.5. The molecule has 0 radical (unpaired) electrons. The van der Waals surface area contributed by atoms with Crippen molar-refractivity contribution in [2.24, 2.45) is 0 Å². The highest BCUT2D eigenvalue weighted by Crippen LogP contribution is 2.63. The zero-order valence-electron chi connectivity index (χ0n) is 34.2. The third kappa shape index (κ3) is 4.23. The molecule has 5 heteroatoms. The third-order valence-corrected chi connectivity index (χ3v) is 14.1. The minimum absolute atomic E-state index is 0.542. The van der Waals surface area contributed by atoms with Gasteiger partial charge in [-0.1, -0.05) is 170 Å².